The molecule has 0 radical (unpaired) electrons. The molecule has 2 heterocycles. The van der Waals surface area contributed by atoms with Gasteiger partial charge in [-0.25, -0.2) is 4.79 Å². The van der Waals surface area contributed by atoms with Gasteiger partial charge in [-0.05, 0) is 61.7 Å². The summed E-state index contributed by atoms with van der Waals surface area (Å²) in [7, 11) is 1.62. The van der Waals surface area contributed by atoms with Crippen LogP contribution in [0.15, 0.2) is 42.6 Å². The second kappa shape index (κ2) is 8.55. The lowest BCUT2D eigenvalue weighted by Gasteiger charge is -2.13. The van der Waals surface area contributed by atoms with E-state index < -0.39 is 6.09 Å². The molecule has 7 nitrogen and oxygen atoms in total. The van der Waals surface area contributed by atoms with E-state index in [2.05, 4.69) is 10.3 Å². The molecule has 0 saturated carbocycles. The van der Waals surface area contributed by atoms with Crippen molar-refractivity contribution in [3.8, 4) is 34.1 Å². The smallest absolute Gasteiger partial charge is 0.412 e. The van der Waals surface area contributed by atoms with Crippen LogP contribution in [0.5, 0.6) is 23.0 Å². The van der Waals surface area contributed by atoms with Crippen LogP contribution >= 0.6 is 0 Å². The number of nitrogens with one attached hydrogen (secondary N) is 1. The minimum atomic E-state index is -0.553. The molecule has 2 aromatic carbocycles. The standard InChI is InChI=1S/C24H24N2O5/c1-14-7-18(17-5-6-21-22(10-17)30-13-29-21)9-19(8-14)31-24(27)26-12-20-16(3)23(28-4)15(2)11-25-20/h5-11H,12-13H2,1-4H3,(H,26,27). The first-order valence-electron chi connectivity index (χ1n) is 9.91. The SMILES string of the molecule is COc1c(C)cnc(CNC(=O)Oc2cc(C)cc(-c3ccc4c(c3)OCO4)c2)c1C. The lowest BCUT2D eigenvalue weighted by atomic mass is 10.0. The molecule has 0 saturated heterocycles. The summed E-state index contributed by atoms with van der Waals surface area (Å²) in [5.41, 5.74) is 5.40. The monoisotopic (exact) mass is 420 g/mol. The fourth-order valence-corrected chi connectivity index (χ4v) is 3.60. The quantitative estimate of drug-likeness (QED) is 0.645. The third-order valence-electron chi connectivity index (χ3n) is 5.12. The molecule has 1 aliphatic heterocycles. The number of carbonyl (C=O) groups is 1. The number of benzene rings is 2. The summed E-state index contributed by atoms with van der Waals surface area (Å²) in [4.78, 5) is 16.8. The Hall–Kier alpha value is -3.74. The van der Waals surface area contributed by atoms with Crippen LogP contribution in [0.25, 0.3) is 11.1 Å². The highest BCUT2D eigenvalue weighted by atomic mass is 16.7. The molecule has 1 aliphatic rings. The van der Waals surface area contributed by atoms with Crippen LogP contribution in [0.1, 0.15) is 22.4 Å². The maximum absolute atomic E-state index is 12.4. The van der Waals surface area contributed by atoms with Crippen molar-refractivity contribution in [3.05, 3.63) is 65.0 Å². The Kier molecular flexibility index (Phi) is 5.66. The number of hydrogen-bond acceptors (Lipinski definition) is 6. The molecule has 0 unspecified atom stereocenters. The average molecular weight is 420 g/mol. The second-order valence-corrected chi connectivity index (χ2v) is 7.39. The van der Waals surface area contributed by atoms with E-state index in [0.717, 1.165) is 45.0 Å². The van der Waals surface area contributed by atoms with Gasteiger partial charge in [0.05, 0.1) is 19.3 Å². The van der Waals surface area contributed by atoms with Crippen LogP contribution in [0, 0.1) is 20.8 Å². The van der Waals surface area contributed by atoms with E-state index in [1.807, 2.05) is 57.2 Å². The summed E-state index contributed by atoms with van der Waals surface area (Å²) in [5.74, 6) is 2.66. The van der Waals surface area contributed by atoms with Gasteiger partial charge in [-0.3, -0.25) is 4.98 Å². The maximum Gasteiger partial charge on any atom is 0.412 e. The molecular weight excluding hydrogens is 396 g/mol. The number of amides is 1. The van der Waals surface area contributed by atoms with Gasteiger partial charge in [-0.15, -0.1) is 0 Å². The van der Waals surface area contributed by atoms with Crippen LogP contribution < -0.4 is 24.3 Å². The summed E-state index contributed by atoms with van der Waals surface area (Å²) in [6.07, 6.45) is 1.18. The third kappa shape index (κ3) is 4.40. The second-order valence-electron chi connectivity index (χ2n) is 7.39. The molecule has 3 aromatic rings. The first kappa shape index (κ1) is 20.5. The Morgan fingerprint density at radius 3 is 2.68 bits per heavy atom. The van der Waals surface area contributed by atoms with Crippen molar-refractivity contribution in [2.75, 3.05) is 13.9 Å². The predicted octanol–water partition coefficient (Wildman–Crippen LogP) is 4.70. The minimum Gasteiger partial charge on any atom is -0.496 e. The number of fused-ring (bicyclic) bond motifs is 1. The molecular formula is C24H24N2O5. The molecule has 0 bridgehead atoms. The number of aryl methyl sites for hydroxylation is 2. The molecule has 1 aromatic heterocycles. The van der Waals surface area contributed by atoms with Crippen molar-refractivity contribution < 1.29 is 23.7 Å². The number of aromatic nitrogens is 1. The van der Waals surface area contributed by atoms with Crippen LogP contribution in [-0.4, -0.2) is 25.0 Å². The van der Waals surface area contributed by atoms with Crippen LogP contribution in [-0.2, 0) is 6.54 Å². The van der Waals surface area contributed by atoms with Gasteiger partial charge < -0.3 is 24.3 Å². The van der Waals surface area contributed by atoms with E-state index in [4.69, 9.17) is 18.9 Å². The topological polar surface area (TPSA) is 78.9 Å². The Morgan fingerprint density at radius 2 is 1.87 bits per heavy atom. The highest BCUT2D eigenvalue weighted by Crippen LogP contribution is 2.37. The molecule has 160 valence electrons. The van der Waals surface area contributed by atoms with Gasteiger partial charge in [0.2, 0.25) is 6.79 Å². The third-order valence-corrected chi connectivity index (χ3v) is 5.12. The van der Waals surface area contributed by atoms with E-state index in [1.165, 1.54) is 0 Å². The Bertz CT molecular complexity index is 1140. The molecule has 1 N–H and O–H groups in total. The first-order chi connectivity index (χ1) is 14.9. The zero-order valence-electron chi connectivity index (χ0n) is 17.9. The number of hydrogen-bond donors (Lipinski definition) is 1. The predicted molar refractivity (Wildman–Crippen MR) is 116 cm³/mol. The van der Waals surface area contributed by atoms with Crippen molar-refractivity contribution in [1.29, 1.82) is 0 Å². The van der Waals surface area contributed by atoms with Crippen LogP contribution in [0.2, 0.25) is 0 Å². The molecule has 0 atom stereocenters. The van der Waals surface area contributed by atoms with Crippen molar-refractivity contribution in [2.45, 2.75) is 27.3 Å². The van der Waals surface area contributed by atoms with Gasteiger partial charge in [0.15, 0.2) is 11.5 Å². The van der Waals surface area contributed by atoms with E-state index >= 15 is 0 Å². The van der Waals surface area contributed by atoms with Crippen molar-refractivity contribution in [3.63, 3.8) is 0 Å². The summed E-state index contributed by atoms with van der Waals surface area (Å²) < 4.78 is 21.8. The molecule has 0 fully saturated rings. The molecule has 31 heavy (non-hydrogen) atoms. The molecule has 0 aliphatic carbocycles. The van der Waals surface area contributed by atoms with Crippen LogP contribution in [0.3, 0.4) is 0 Å². The normalized spacial score (nSPS) is 11.9. The largest absolute Gasteiger partial charge is 0.496 e. The van der Waals surface area contributed by atoms with E-state index in [-0.39, 0.29) is 13.3 Å². The van der Waals surface area contributed by atoms with Gasteiger partial charge in [-0.1, -0.05) is 12.1 Å². The zero-order chi connectivity index (χ0) is 22.0. The minimum absolute atomic E-state index is 0.225. The molecule has 7 heteroatoms. The van der Waals surface area contributed by atoms with Gasteiger partial charge in [0, 0.05) is 17.3 Å². The van der Waals surface area contributed by atoms with Crippen molar-refractivity contribution >= 4 is 6.09 Å². The summed E-state index contributed by atoms with van der Waals surface area (Å²) in [6.45, 7) is 6.26. The highest BCUT2D eigenvalue weighted by Gasteiger charge is 2.15. The lowest BCUT2D eigenvalue weighted by molar-refractivity contribution is 0.174. The Labute approximate surface area is 180 Å². The average Bonchev–Trinajstić information content (AvgIpc) is 3.21. The molecule has 4 rings (SSSR count). The summed E-state index contributed by atoms with van der Waals surface area (Å²) in [6, 6.07) is 11.4. The zero-order valence-corrected chi connectivity index (χ0v) is 17.9. The fourth-order valence-electron chi connectivity index (χ4n) is 3.60. The van der Waals surface area contributed by atoms with Crippen molar-refractivity contribution in [2.24, 2.45) is 0 Å². The van der Waals surface area contributed by atoms with E-state index in [9.17, 15) is 4.79 Å². The highest BCUT2D eigenvalue weighted by molar-refractivity contribution is 5.73. The number of rotatable bonds is 5. The first-order valence-corrected chi connectivity index (χ1v) is 9.91. The van der Waals surface area contributed by atoms with Crippen LogP contribution in [0.4, 0.5) is 4.79 Å². The number of ether oxygens (including phenoxy) is 4. The number of methoxy groups -OCH3 is 1. The number of pyridine rings is 1. The molecule has 1 amide bonds. The lowest BCUT2D eigenvalue weighted by Crippen LogP contribution is -2.27. The number of nitrogens with zero attached hydrogens (tertiary/aromatic N) is 1. The maximum atomic E-state index is 12.4. The van der Waals surface area contributed by atoms with E-state index in [1.54, 1.807) is 13.3 Å². The fraction of sp³-hybridized carbons (Fsp3) is 0.250. The van der Waals surface area contributed by atoms with E-state index in [0.29, 0.717) is 11.5 Å². The molecule has 0 spiro atoms. The summed E-state index contributed by atoms with van der Waals surface area (Å²) >= 11 is 0. The van der Waals surface area contributed by atoms with Gasteiger partial charge in [0.25, 0.3) is 0 Å². The summed E-state index contributed by atoms with van der Waals surface area (Å²) in [5, 5.41) is 2.76. The van der Waals surface area contributed by atoms with Gasteiger partial charge >= 0.3 is 6.09 Å². The van der Waals surface area contributed by atoms with Crippen molar-refractivity contribution in [1.82, 2.24) is 10.3 Å². The number of carbonyl (C=O) groups excluding carboxylic acids is 1. The van der Waals surface area contributed by atoms with Gasteiger partial charge in [0.1, 0.15) is 11.5 Å². The Morgan fingerprint density at radius 1 is 1.06 bits per heavy atom. The van der Waals surface area contributed by atoms with Gasteiger partial charge in [-0.2, -0.15) is 0 Å². The Balaban J connectivity index is 1.47.